The molecular formula is C26H26N2O4. The molecule has 32 heavy (non-hydrogen) atoms. The van der Waals surface area contributed by atoms with Crippen LogP contribution in [0.2, 0.25) is 0 Å². The van der Waals surface area contributed by atoms with Crippen LogP contribution < -0.4 is 5.56 Å². The zero-order chi connectivity index (χ0) is 22.1. The number of aryl methyl sites for hydroxylation is 1. The van der Waals surface area contributed by atoms with Crippen molar-refractivity contribution in [2.24, 2.45) is 0 Å². The van der Waals surface area contributed by atoms with E-state index in [4.69, 9.17) is 4.74 Å². The fourth-order valence-electron chi connectivity index (χ4n) is 4.89. The second-order valence-corrected chi connectivity index (χ2v) is 8.78. The monoisotopic (exact) mass is 430 g/mol. The van der Waals surface area contributed by atoms with E-state index < -0.39 is 5.97 Å². The average molecular weight is 431 g/mol. The van der Waals surface area contributed by atoms with Crippen LogP contribution in [0, 0.1) is 0 Å². The summed E-state index contributed by atoms with van der Waals surface area (Å²) in [6.07, 6.45) is 7.92. The van der Waals surface area contributed by atoms with Gasteiger partial charge in [-0.05, 0) is 48.9 Å². The largest absolute Gasteiger partial charge is 0.454 e. The second-order valence-electron chi connectivity index (χ2n) is 8.78. The number of aromatic nitrogens is 2. The number of benzene rings is 2. The molecule has 0 saturated heterocycles. The average Bonchev–Trinajstić information content (AvgIpc) is 3.31. The van der Waals surface area contributed by atoms with Gasteiger partial charge < -0.3 is 4.74 Å². The molecule has 0 N–H and O–H groups in total. The van der Waals surface area contributed by atoms with Gasteiger partial charge in [0.05, 0.1) is 16.5 Å². The highest BCUT2D eigenvalue weighted by Gasteiger charge is 2.19. The van der Waals surface area contributed by atoms with Crippen LogP contribution in [0.15, 0.2) is 47.3 Å². The number of hydrogen-bond acceptors (Lipinski definition) is 5. The van der Waals surface area contributed by atoms with Gasteiger partial charge in [0.25, 0.3) is 5.56 Å². The molecule has 3 aromatic rings. The van der Waals surface area contributed by atoms with Crippen LogP contribution >= 0.6 is 0 Å². The Bertz CT molecular complexity index is 1240. The van der Waals surface area contributed by atoms with Gasteiger partial charge in [-0.15, -0.1) is 0 Å². The number of Topliss-reactive ketones (excluding diaryl/α,β-unsaturated/α-hetero) is 1. The predicted octanol–water partition coefficient (Wildman–Crippen LogP) is 4.43. The molecule has 1 saturated carbocycles. The van der Waals surface area contributed by atoms with Crippen LogP contribution in [0.5, 0.6) is 0 Å². The molecule has 0 bridgehead atoms. The van der Waals surface area contributed by atoms with Crippen molar-refractivity contribution < 1.29 is 14.3 Å². The first kappa shape index (κ1) is 20.6. The summed E-state index contributed by atoms with van der Waals surface area (Å²) in [4.78, 5) is 42.1. The Hall–Kier alpha value is -3.28. The van der Waals surface area contributed by atoms with Gasteiger partial charge in [0.2, 0.25) is 0 Å². The van der Waals surface area contributed by atoms with E-state index in [1.165, 1.54) is 37.7 Å². The normalized spacial score (nSPS) is 16.1. The van der Waals surface area contributed by atoms with E-state index in [-0.39, 0.29) is 23.5 Å². The summed E-state index contributed by atoms with van der Waals surface area (Å²) < 4.78 is 6.96. The molecule has 1 fully saturated rings. The van der Waals surface area contributed by atoms with Crippen molar-refractivity contribution in [3.8, 4) is 0 Å². The number of fused-ring (bicyclic) bond motifs is 2. The number of nitrogens with zero attached hydrogens (tertiary/aromatic N) is 2. The molecule has 1 aliphatic carbocycles. The van der Waals surface area contributed by atoms with E-state index in [0.29, 0.717) is 28.9 Å². The van der Waals surface area contributed by atoms with Crippen molar-refractivity contribution in [2.75, 3.05) is 6.61 Å². The van der Waals surface area contributed by atoms with Gasteiger partial charge in [0.1, 0.15) is 5.82 Å². The summed E-state index contributed by atoms with van der Waals surface area (Å²) in [5, 5.41) is 0.487. The number of hydrogen-bond donors (Lipinski definition) is 0. The van der Waals surface area contributed by atoms with Gasteiger partial charge in [0.15, 0.2) is 12.4 Å². The standard InChI is InChI=1S/C26H26N2O4/c29-23(19-10-8-18(9-11-19)17-5-2-1-3-6-17)16-32-26(31)20-12-13-21-22(15-20)27-24-7-4-14-28(24)25(21)30/h8-13,15,17H,1-7,14,16H2. The molecule has 2 aliphatic rings. The maximum atomic E-state index is 12.6. The lowest BCUT2D eigenvalue weighted by Crippen LogP contribution is -2.21. The van der Waals surface area contributed by atoms with E-state index in [2.05, 4.69) is 4.98 Å². The minimum Gasteiger partial charge on any atom is -0.454 e. The molecule has 1 aliphatic heterocycles. The molecule has 6 heteroatoms. The van der Waals surface area contributed by atoms with Gasteiger partial charge in [-0.2, -0.15) is 0 Å². The highest BCUT2D eigenvalue weighted by molar-refractivity contribution is 6.00. The lowest BCUT2D eigenvalue weighted by Gasteiger charge is -2.22. The van der Waals surface area contributed by atoms with E-state index in [1.54, 1.807) is 22.8 Å². The minimum absolute atomic E-state index is 0.0748. The van der Waals surface area contributed by atoms with E-state index in [9.17, 15) is 14.4 Å². The maximum absolute atomic E-state index is 12.6. The van der Waals surface area contributed by atoms with Crippen molar-refractivity contribution in [3.05, 3.63) is 75.3 Å². The van der Waals surface area contributed by atoms with Crippen LogP contribution in [-0.2, 0) is 17.7 Å². The first-order chi connectivity index (χ1) is 15.6. The van der Waals surface area contributed by atoms with Crippen LogP contribution in [-0.4, -0.2) is 27.9 Å². The number of carbonyl (C=O) groups is 2. The van der Waals surface area contributed by atoms with Gasteiger partial charge >= 0.3 is 5.97 Å². The highest BCUT2D eigenvalue weighted by atomic mass is 16.5. The quantitative estimate of drug-likeness (QED) is 0.442. The van der Waals surface area contributed by atoms with Gasteiger partial charge in [-0.3, -0.25) is 14.2 Å². The summed E-state index contributed by atoms with van der Waals surface area (Å²) >= 11 is 0. The first-order valence-electron chi connectivity index (χ1n) is 11.4. The number of ketones is 1. The van der Waals surface area contributed by atoms with Crippen molar-refractivity contribution in [1.82, 2.24) is 9.55 Å². The molecule has 164 valence electrons. The lowest BCUT2D eigenvalue weighted by atomic mass is 9.84. The number of carbonyl (C=O) groups excluding carboxylic acids is 2. The first-order valence-corrected chi connectivity index (χ1v) is 11.4. The van der Waals surface area contributed by atoms with Crippen LogP contribution in [0.3, 0.4) is 0 Å². The molecule has 0 radical (unpaired) electrons. The van der Waals surface area contributed by atoms with Crippen molar-refractivity contribution >= 4 is 22.7 Å². The van der Waals surface area contributed by atoms with Crippen LogP contribution in [0.4, 0.5) is 0 Å². The molecule has 2 heterocycles. The SMILES string of the molecule is O=C(COC(=O)c1ccc2c(=O)n3c(nc2c1)CCC3)c1ccc(C2CCCCC2)cc1. The summed E-state index contributed by atoms with van der Waals surface area (Å²) in [7, 11) is 0. The Morgan fingerprint density at radius 1 is 0.969 bits per heavy atom. The Morgan fingerprint density at radius 2 is 1.72 bits per heavy atom. The smallest absolute Gasteiger partial charge is 0.338 e. The lowest BCUT2D eigenvalue weighted by molar-refractivity contribution is 0.0475. The summed E-state index contributed by atoms with van der Waals surface area (Å²) in [5.74, 6) is 0.506. The van der Waals surface area contributed by atoms with E-state index >= 15 is 0 Å². The molecule has 1 aromatic heterocycles. The minimum atomic E-state index is -0.596. The summed E-state index contributed by atoms with van der Waals surface area (Å²) in [5.41, 5.74) is 2.52. The molecule has 0 amide bonds. The molecular weight excluding hydrogens is 404 g/mol. The van der Waals surface area contributed by atoms with E-state index in [0.717, 1.165) is 18.7 Å². The van der Waals surface area contributed by atoms with Gasteiger partial charge in [0, 0.05) is 18.5 Å². The fraction of sp³-hybridized carbons (Fsp3) is 0.385. The topological polar surface area (TPSA) is 78.3 Å². The predicted molar refractivity (Wildman–Crippen MR) is 121 cm³/mol. The second kappa shape index (κ2) is 8.69. The van der Waals surface area contributed by atoms with E-state index in [1.807, 2.05) is 24.3 Å². The molecule has 0 unspecified atom stereocenters. The molecule has 5 rings (SSSR count). The molecule has 0 spiro atoms. The maximum Gasteiger partial charge on any atom is 0.338 e. The Kier molecular flexibility index (Phi) is 5.60. The van der Waals surface area contributed by atoms with Gasteiger partial charge in [-0.25, -0.2) is 9.78 Å². The molecule has 0 atom stereocenters. The third-order valence-electron chi connectivity index (χ3n) is 6.70. The van der Waals surface area contributed by atoms with Crippen molar-refractivity contribution in [3.63, 3.8) is 0 Å². The molecule has 6 nitrogen and oxygen atoms in total. The van der Waals surface area contributed by atoms with Crippen molar-refractivity contribution in [2.45, 2.75) is 57.4 Å². The third kappa shape index (κ3) is 3.97. The zero-order valence-corrected chi connectivity index (χ0v) is 18.0. The Balaban J connectivity index is 1.25. The Labute approximate surface area is 186 Å². The van der Waals surface area contributed by atoms with Crippen LogP contribution in [0.1, 0.15) is 76.5 Å². The number of ether oxygens (including phenoxy) is 1. The summed E-state index contributed by atoms with van der Waals surface area (Å²) in [6, 6.07) is 12.4. The third-order valence-corrected chi connectivity index (χ3v) is 6.70. The van der Waals surface area contributed by atoms with Crippen LogP contribution in [0.25, 0.3) is 10.9 Å². The zero-order valence-electron chi connectivity index (χ0n) is 18.0. The number of esters is 1. The summed E-state index contributed by atoms with van der Waals surface area (Å²) in [6.45, 7) is 0.366. The molecule has 2 aromatic carbocycles. The van der Waals surface area contributed by atoms with Crippen molar-refractivity contribution in [1.29, 1.82) is 0 Å². The Morgan fingerprint density at radius 3 is 2.50 bits per heavy atom. The highest BCUT2D eigenvalue weighted by Crippen LogP contribution is 2.32. The van der Waals surface area contributed by atoms with Gasteiger partial charge in [-0.1, -0.05) is 43.5 Å². The fourth-order valence-corrected chi connectivity index (χ4v) is 4.89. The number of rotatable bonds is 5.